The van der Waals surface area contributed by atoms with Gasteiger partial charge in [-0.15, -0.1) is 0 Å². The lowest BCUT2D eigenvalue weighted by Crippen LogP contribution is -2.00. The lowest BCUT2D eigenvalue weighted by Gasteiger charge is -2.07. The van der Waals surface area contributed by atoms with Crippen LogP contribution in [0.25, 0.3) is 44.4 Å². The number of allylic oxidation sites excluding steroid dienone is 3. The Morgan fingerprint density at radius 1 is 0.566 bits per heavy atom. The number of halogens is 2. The predicted molar refractivity (Wildman–Crippen MR) is 203 cm³/mol. The first kappa shape index (κ1) is 39.1. The molecule has 8 bridgehead atoms. The number of hydrogen-bond donors (Lipinski definition) is 7. The summed E-state index contributed by atoms with van der Waals surface area (Å²) in [6.45, 7) is 5.44. The Bertz CT molecular complexity index is 2330. The second-order valence-corrected chi connectivity index (χ2v) is 14.4. The zero-order valence-corrected chi connectivity index (χ0v) is 32.1. The van der Waals surface area contributed by atoms with E-state index in [1.165, 1.54) is 0 Å². The van der Waals surface area contributed by atoms with Gasteiger partial charge in [0.2, 0.25) is 0 Å². The first-order valence-electron chi connectivity index (χ1n) is 16.6. The number of nitrogens with zero attached hydrogens (tertiary/aromatic N) is 2. The van der Waals surface area contributed by atoms with Gasteiger partial charge in [0.05, 0.1) is 49.2 Å². The van der Waals surface area contributed by atoms with Crippen molar-refractivity contribution >= 4 is 106 Å². The number of aromatic nitrogens is 4. The average molecular weight is 857 g/mol. The van der Waals surface area contributed by atoms with Gasteiger partial charge in [-0.05, 0) is 135 Å². The molecule has 2 aliphatic heterocycles. The van der Waals surface area contributed by atoms with Crippen LogP contribution in [-0.2, 0) is 36.8 Å². The predicted octanol–water partition coefficient (Wildman–Crippen LogP) is 7.54. The summed E-state index contributed by atoms with van der Waals surface area (Å²) in [5.41, 5.74) is 8.25. The van der Waals surface area contributed by atoms with Gasteiger partial charge < -0.3 is 35.5 Å². The monoisotopic (exact) mass is 854 g/mol. The molecule has 16 heteroatoms. The molecular formula is C37H36Br2N4O10. The maximum Gasteiger partial charge on any atom is 0.307 e. The molecule has 0 aromatic carbocycles. The van der Waals surface area contributed by atoms with Crippen LogP contribution in [0.4, 0.5) is 0 Å². The molecule has 5 heterocycles. The smallest absolute Gasteiger partial charge is 0.307 e. The molecule has 0 atom stereocenters. The van der Waals surface area contributed by atoms with E-state index in [-0.39, 0.29) is 62.6 Å². The Hall–Kier alpha value is -5.09. The maximum atomic E-state index is 12.3. The number of H-pyrrole nitrogens is 2. The molecule has 0 saturated carbocycles. The van der Waals surface area contributed by atoms with Gasteiger partial charge in [-0.2, -0.15) is 0 Å². The molecule has 0 amide bonds. The summed E-state index contributed by atoms with van der Waals surface area (Å²) >= 11 is 7.43. The molecule has 3 aromatic heterocycles. The largest absolute Gasteiger partial charge is 0.481 e. The highest BCUT2D eigenvalue weighted by Crippen LogP contribution is 2.43. The van der Waals surface area contributed by atoms with Gasteiger partial charge >= 0.3 is 29.8 Å². The minimum absolute atomic E-state index is 0.0512. The van der Waals surface area contributed by atoms with Gasteiger partial charge in [0.25, 0.3) is 0 Å². The highest BCUT2D eigenvalue weighted by atomic mass is 79.9. The minimum atomic E-state index is -1.17. The number of hydrogen-bond acceptors (Lipinski definition) is 7. The van der Waals surface area contributed by atoms with Crippen LogP contribution in [0.5, 0.6) is 0 Å². The molecule has 2 aliphatic rings. The van der Waals surface area contributed by atoms with Crippen molar-refractivity contribution in [2.45, 2.75) is 78.6 Å². The number of aromatic amines is 2. The van der Waals surface area contributed by atoms with Crippen LogP contribution in [0, 0.1) is 13.8 Å². The molecule has 0 radical (unpaired) electrons. The van der Waals surface area contributed by atoms with Crippen LogP contribution >= 0.6 is 31.9 Å². The lowest BCUT2D eigenvalue weighted by molar-refractivity contribution is -0.138. The molecule has 0 fully saturated rings. The fourth-order valence-corrected chi connectivity index (χ4v) is 8.23. The number of rotatable bonds is 14. The highest BCUT2D eigenvalue weighted by molar-refractivity contribution is 9.11. The fraction of sp³-hybridized carbons (Fsp3) is 0.324. The maximum absolute atomic E-state index is 12.3. The number of carboxylic acid groups (broad SMARTS) is 5. The van der Waals surface area contributed by atoms with Crippen LogP contribution in [0.1, 0.15) is 96.9 Å². The first-order chi connectivity index (χ1) is 25.0. The summed E-state index contributed by atoms with van der Waals surface area (Å²) < 4.78 is 0.872. The van der Waals surface area contributed by atoms with Crippen LogP contribution in [-0.4, -0.2) is 75.3 Å². The quantitative estimate of drug-likeness (QED) is 0.0832. The number of carboxylic acids is 5. The molecular weight excluding hydrogens is 820 g/mol. The van der Waals surface area contributed by atoms with Gasteiger partial charge in [0.1, 0.15) is 0 Å². The van der Waals surface area contributed by atoms with Gasteiger partial charge in [0, 0.05) is 36.7 Å². The summed E-state index contributed by atoms with van der Waals surface area (Å²) in [6, 6.07) is 3.40. The standard InChI is InChI=1S/C37H36Br2N4O10/c1-15-18(4-8-27(44)45)24-14-26-22(12-31(52)53)21(7-11-30(50)51)37(42-26)33(39)35-17(3)20(6-10-29(48)49)36(43-35)32(38)34-16(2)19(5-9-28(46)47)25(41-34)13-23(15)40-24/h13-14,40,43H,4-12H2,1-3H3,(H,44,45)(H,46,47)(H,48,49)(H,50,51)(H,52,53). The number of aliphatic carboxylic acids is 5. The van der Waals surface area contributed by atoms with Gasteiger partial charge in [-0.25, -0.2) is 9.97 Å². The molecule has 14 nitrogen and oxygen atoms in total. The third-order valence-corrected chi connectivity index (χ3v) is 11.0. The summed E-state index contributed by atoms with van der Waals surface area (Å²) in [4.78, 5) is 75.8. The van der Waals surface area contributed by atoms with E-state index < -0.39 is 36.3 Å². The van der Waals surface area contributed by atoms with Crippen molar-refractivity contribution in [1.29, 1.82) is 0 Å². The molecule has 0 unspecified atom stereocenters. The number of carbonyl (C=O) groups is 5. The van der Waals surface area contributed by atoms with Crippen LogP contribution < -0.4 is 0 Å². The first-order valence-corrected chi connectivity index (χ1v) is 18.2. The van der Waals surface area contributed by atoms with Crippen molar-refractivity contribution in [2.75, 3.05) is 0 Å². The van der Waals surface area contributed by atoms with Crippen molar-refractivity contribution in [3.05, 3.63) is 66.1 Å². The van der Waals surface area contributed by atoms with Crippen molar-refractivity contribution < 1.29 is 49.5 Å². The Labute approximate surface area is 319 Å². The Morgan fingerprint density at radius 3 is 1.64 bits per heavy atom. The van der Waals surface area contributed by atoms with E-state index in [1.54, 1.807) is 19.1 Å². The van der Waals surface area contributed by atoms with E-state index in [4.69, 9.17) is 9.97 Å². The summed E-state index contributed by atoms with van der Waals surface area (Å²) in [5, 5.41) is 48.4. The topological polar surface area (TPSA) is 244 Å². The molecule has 0 saturated heterocycles. The van der Waals surface area contributed by atoms with Crippen molar-refractivity contribution in [3.63, 3.8) is 0 Å². The van der Waals surface area contributed by atoms with E-state index in [0.29, 0.717) is 87.1 Å². The molecule has 7 N–H and O–H groups in total. The molecule has 0 aliphatic carbocycles. The second-order valence-electron chi connectivity index (χ2n) is 12.8. The second kappa shape index (κ2) is 15.9. The average Bonchev–Trinajstić information content (AvgIpc) is 3.77. The van der Waals surface area contributed by atoms with Crippen molar-refractivity contribution in [1.82, 2.24) is 19.9 Å². The number of aryl methyl sites for hydroxylation is 4. The Balaban J connectivity index is 2.03. The molecule has 53 heavy (non-hydrogen) atoms. The van der Waals surface area contributed by atoms with Crippen LogP contribution in [0.3, 0.4) is 0 Å². The third-order valence-electron chi connectivity index (χ3n) is 9.47. The number of nitrogens with one attached hydrogen (secondary N) is 2. The van der Waals surface area contributed by atoms with E-state index in [0.717, 1.165) is 0 Å². The fourth-order valence-electron chi connectivity index (χ4n) is 6.79. The SMILES string of the molecule is CC1=C(CCC(=O)O)c2cc3[nH]c(cc4nc(c(Br)c5[nH]c(c(Br)c1n2)c(CCC(=O)O)c5C)C(CCC(=O)O)=C4CC(=O)O)c(CCC(=O)O)c3C. The van der Waals surface area contributed by atoms with Gasteiger partial charge in [0.15, 0.2) is 0 Å². The van der Waals surface area contributed by atoms with Crippen molar-refractivity contribution in [2.24, 2.45) is 0 Å². The highest BCUT2D eigenvalue weighted by Gasteiger charge is 2.28. The molecule has 5 rings (SSSR count). The number of fused-ring (bicyclic) bond motifs is 8. The Morgan fingerprint density at radius 2 is 1.06 bits per heavy atom. The Kier molecular flexibility index (Phi) is 11.7. The summed E-state index contributed by atoms with van der Waals surface area (Å²) in [7, 11) is 0. The minimum Gasteiger partial charge on any atom is -0.481 e. The van der Waals surface area contributed by atoms with E-state index >= 15 is 0 Å². The molecule has 3 aromatic rings. The zero-order chi connectivity index (χ0) is 38.9. The lowest BCUT2D eigenvalue weighted by atomic mass is 9.97. The van der Waals surface area contributed by atoms with Crippen LogP contribution in [0.2, 0.25) is 0 Å². The van der Waals surface area contributed by atoms with Crippen molar-refractivity contribution in [3.8, 4) is 0 Å². The summed E-state index contributed by atoms with van der Waals surface area (Å²) in [6.07, 6.45) is -1.02. The zero-order valence-electron chi connectivity index (χ0n) is 28.9. The normalized spacial score (nSPS) is 12.8. The van der Waals surface area contributed by atoms with E-state index in [9.17, 15) is 49.5 Å². The van der Waals surface area contributed by atoms with Gasteiger partial charge in [-0.3, -0.25) is 24.0 Å². The summed E-state index contributed by atoms with van der Waals surface area (Å²) in [5.74, 6) is -5.29. The van der Waals surface area contributed by atoms with E-state index in [2.05, 4.69) is 41.8 Å². The van der Waals surface area contributed by atoms with E-state index in [1.807, 2.05) is 13.8 Å². The molecule has 278 valence electrons. The molecule has 0 spiro atoms. The van der Waals surface area contributed by atoms with Gasteiger partial charge in [-0.1, -0.05) is 0 Å². The van der Waals surface area contributed by atoms with Crippen LogP contribution in [0.15, 0.2) is 21.1 Å². The third kappa shape index (κ3) is 8.28.